The van der Waals surface area contributed by atoms with Crippen molar-refractivity contribution in [2.24, 2.45) is 5.92 Å². The first kappa shape index (κ1) is 11.4. The summed E-state index contributed by atoms with van der Waals surface area (Å²) in [6, 6.07) is 5.06. The van der Waals surface area contributed by atoms with Crippen LogP contribution in [-0.4, -0.2) is 19.9 Å². The van der Waals surface area contributed by atoms with E-state index in [2.05, 4.69) is 24.0 Å². The van der Waals surface area contributed by atoms with Crippen LogP contribution >= 0.6 is 0 Å². The fourth-order valence-electron chi connectivity index (χ4n) is 1.70. The Hall–Kier alpha value is -2.04. The predicted molar refractivity (Wildman–Crippen MR) is 66.4 cm³/mol. The summed E-state index contributed by atoms with van der Waals surface area (Å²) in [5.74, 6) is 1.37. The smallest absolute Gasteiger partial charge is 0.163 e. The summed E-state index contributed by atoms with van der Waals surface area (Å²) in [5.41, 5.74) is 6.88. The minimum Gasteiger partial charge on any atom is -0.506 e. The van der Waals surface area contributed by atoms with Gasteiger partial charge in [0.15, 0.2) is 5.82 Å². The highest BCUT2D eigenvalue weighted by Crippen LogP contribution is 2.26. The van der Waals surface area contributed by atoms with E-state index < -0.39 is 0 Å². The van der Waals surface area contributed by atoms with Gasteiger partial charge in [-0.25, -0.2) is 0 Å². The van der Waals surface area contributed by atoms with Gasteiger partial charge in [-0.1, -0.05) is 13.8 Å². The van der Waals surface area contributed by atoms with E-state index in [1.165, 1.54) is 0 Å². The number of aromatic hydroxyl groups is 1. The third kappa shape index (κ3) is 2.38. The first-order valence-corrected chi connectivity index (χ1v) is 5.54. The quantitative estimate of drug-likeness (QED) is 0.625. The van der Waals surface area contributed by atoms with Gasteiger partial charge in [-0.15, -0.1) is 10.2 Å². The van der Waals surface area contributed by atoms with Crippen molar-refractivity contribution in [3.8, 4) is 17.1 Å². The first-order valence-electron chi connectivity index (χ1n) is 5.54. The summed E-state index contributed by atoms with van der Waals surface area (Å²) >= 11 is 0. The van der Waals surface area contributed by atoms with Crippen molar-refractivity contribution in [3.05, 3.63) is 24.5 Å². The van der Waals surface area contributed by atoms with E-state index in [9.17, 15) is 5.11 Å². The van der Waals surface area contributed by atoms with Crippen molar-refractivity contribution in [1.82, 2.24) is 14.8 Å². The highest BCUT2D eigenvalue weighted by Gasteiger charge is 2.09. The average Bonchev–Trinajstić information content (AvgIpc) is 2.69. The van der Waals surface area contributed by atoms with Gasteiger partial charge in [-0.3, -0.25) is 0 Å². The monoisotopic (exact) mass is 232 g/mol. The maximum atomic E-state index is 9.39. The molecule has 1 heterocycles. The van der Waals surface area contributed by atoms with Crippen molar-refractivity contribution >= 4 is 5.69 Å². The minimum atomic E-state index is 0.0867. The van der Waals surface area contributed by atoms with Crippen LogP contribution in [0.4, 0.5) is 5.69 Å². The Morgan fingerprint density at radius 2 is 2.18 bits per heavy atom. The van der Waals surface area contributed by atoms with Crippen LogP contribution < -0.4 is 5.73 Å². The molecule has 5 heteroatoms. The minimum absolute atomic E-state index is 0.0867. The lowest BCUT2D eigenvalue weighted by Gasteiger charge is -2.09. The second kappa shape index (κ2) is 4.45. The second-order valence-corrected chi connectivity index (χ2v) is 4.47. The Balaban J connectivity index is 2.39. The van der Waals surface area contributed by atoms with Crippen LogP contribution in [0.2, 0.25) is 0 Å². The maximum Gasteiger partial charge on any atom is 0.163 e. The van der Waals surface area contributed by atoms with Crippen molar-refractivity contribution < 1.29 is 5.11 Å². The summed E-state index contributed by atoms with van der Waals surface area (Å²) in [5, 5.41) is 17.4. The van der Waals surface area contributed by atoms with Crippen molar-refractivity contribution in [2.45, 2.75) is 20.4 Å². The van der Waals surface area contributed by atoms with Gasteiger partial charge < -0.3 is 15.4 Å². The molecule has 2 aromatic rings. The van der Waals surface area contributed by atoms with Crippen molar-refractivity contribution in [2.75, 3.05) is 5.73 Å². The molecular weight excluding hydrogens is 216 g/mol. The zero-order valence-electron chi connectivity index (χ0n) is 9.96. The Morgan fingerprint density at radius 1 is 1.41 bits per heavy atom. The molecular formula is C12H16N4O. The summed E-state index contributed by atoms with van der Waals surface area (Å²) in [4.78, 5) is 0. The van der Waals surface area contributed by atoms with E-state index in [4.69, 9.17) is 5.73 Å². The molecule has 0 saturated heterocycles. The number of nitrogen functional groups attached to an aromatic ring is 1. The number of aromatic nitrogens is 3. The lowest BCUT2D eigenvalue weighted by molar-refractivity contribution is 0.478. The molecule has 0 amide bonds. The number of phenols is 1. The van der Waals surface area contributed by atoms with Gasteiger partial charge in [0.25, 0.3) is 0 Å². The molecule has 17 heavy (non-hydrogen) atoms. The predicted octanol–water partition coefficient (Wildman–Crippen LogP) is 1.89. The van der Waals surface area contributed by atoms with Gasteiger partial charge in [0.05, 0.1) is 5.69 Å². The van der Waals surface area contributed by atoms with E-state index in [1.807, 2.05) is 4.57 Å². The molecule has 0 aliphatic carbocycles. The zero-order valence-corrected chi connectivity index (χ0v) is 9.96. The number of rotatable bonds is 3. The number of nitrogens with two attached hydrogens (primary N) is 1. The standard InChI is InChI=1S/C12H16N4O/c1-8(2)6-16-7-14-15-12(16)9-3-4-11(17)10(13)5-9/h3-5,7-8,17H,6,13H2,1-2H3. The van der Waals surface area contributed by atoms with Crippen LogP contribution in [0.5, 0.6) is 5.75 Å². The van der Waals surface area contributed by atoms with E-state index in [1.54, 1.807) is 24.5 Å². The third-order valence-electron chi connectivity index (χ3n) is 2.46. The Morgan fingerprint density at radius 3 is 2.82 bits per heavy atom. The Labute approximate surface area is 99.9 Å². The number of phenolic OH excluding ortho intramolecular Hbond substituents is 1. The fourth-order valence-corrected chi connectivity index (χ4v) is 1.70. The summed E-state index contributed by atoms with van der Waals surface area (Å²) in [6.45, 7) is 5.12. The van der Waals surface area contributed by atoms with Gasteiger partial charge in [0.1, 0.15) is 12.1 Å². The zero-order chi connectivity index (χ0) is 12.4. The van der Waals surface area contributed by atoms with E-state index in [0.29, 0.717) is 11.6 Å². The largest absolute Gasteiger partial charge is 0.506 e. The molecule has 5 nitrogen and oxygen atoms in total. The SMILES string of the molecule is CC(C)Cn1cnnc1-c1ccc(O)c(N)c1. The van der Waals surface area contributed by atoms with Crippen LogP contribution in [0.15, 0.2) is 24.5 Å². The highest BCUT2D eigenvalue weighted by molar-refractivity contribution is 5.65. The molecule has 0 fully saturated rings. The van der Waals surface area contributed by atoms with Crippen LogP contribution in [-0.2, 0) is 6.54 Å². The molecule has 1 aromatic carbocycles. The van der Waals surface area contributed by atoms with Crippen LogP contribution in [0.25, 0.3) is 11.4 Å². The summed E-state index contributed by atoms with van der Waals surface area (Å²) in [7, 11) is 0. The molecule has 0 saturated carbocycles. The van der Waals surface area contributed by atoms with Gasteiger partial charge in [-0.05, 0) is 24.1 Å². The molecule has 1 aromatic heterocycles. The topological polar surface area (TPSA) is 77.0 Å². The number of anilines is 1. The van der Waals surface area contributed by atoms with Gasteiger partial charge in [0, 0.05) is 12.1 Å². The molecule has 0 radical (unpaired) electrons. The molecule has 0 bridgehead atoms. The molecule has 0 aliphatic rings. The van der Waals surface area contributed by atoms with Crippen LogP contribution in [0, 0.1) is 5.92 Å². The number of benzene rings is 1. The summed E-state index contributed by atoms with van der Waals surface area (Å²) in [6.07, 6.45) is 1.71. The normalized spacial score (nSPS) is 11.0. The van der Waals surface area contributed by atoms with Gasteiger partial charge in [-0.2, -0.15) is 0 Å². The molecule has 0 spiro atoms. The number of hydrogen-bond donors (Lipinski definition) is 2. The van der Waals surface area contributed by atoms with E-state index in [-0.39, 0.29) is 5.75 Å². The average molecular weight is 232 g/mol. The first-order chi connectivity index (χ1) is 8.08. The molecule has 0 aliphatic heterocycles. The Kier molecular flexibility index (Phi) is 2.99. The van der Waals surface area contributed by atoms with Gasteiger partial charge in [0.2, 0.25) is 0 Å². The highest BCUT2D eigenvalue weighted by atomic mass is 16.3. The van der Waals surface area contributed by atoms with Crippen molar-refractivity contribution in [3.63, 3.8) is 0 Å². The second-order valence-electron chi connectivity index (χ2n) is 4.47. The lowest BCUT2D eigenvalue weighted by Crippen LogP contribution is -2.05. The lowest BCUT2D eigenvalue weighted by atomic mass is 10.1. The molecule has 3 N–H and O–H groups in total. The molecule has 0 atom stereocenters. The molecule has 90 valence electrons. The molecule has 2 rings (SSSR count). The van der Waals surface area contributed by atoms with Crippen LogP contribution in [0.3, 0.4) is 0 Å². The number of nitrogens with zero attached hydrogens (tertiary/aromatic N) is 3. The van der Waals surface area contributed by atoms with Gasteiger partial charge >= 0.3 is 0 Å². The Bertz CT molecular complexity index is 519. The fraction of sp³-hybridized carbons (Fsp3) is 0.333. The van der Waals surface area contributed by atoms with E-state index in [0.717, 1.165) is 17.9 Å². The van der Waals surface area contributed by atoms with Crippen molar-refractivity contribution in [1.29, 1.82) is 0 Å². The van der Waals surface area contributed by atoms with Crippen LogP contribution in [0.1, 0.15) is 13.8 Å². The third-order valence-corrected chi connectivity index (χ3v) is 2.46. The molecule has 0 unspecified atom stereocenters. The van der Waals surface area contributed by atoms with E-state index >= 15 is 0 Å². The summed E-state index contributed by atoms with van der Waals surface area (Å²) < 4.78 is 1.98. The number of hydrogen-bond acceptors (Lipinski definition) is 4. The maximum absolute atomic E-state index is 9.39.